The summed E-state index contributed by atoms with van der Waals surface area (Å²) >= 11 is 1.47. The van der Waals surface area contributed by atoms with Crippen molar-refractivity contribution in [2.45, 2.75) is 0 Å². The van der Waals surface area contributed by atoms with E-state index in [0.29, 0.717) is 23.2 Å². The number of anilines is 2. The smallest absolute Gasteiger partial charge is 0.159 e. The van der Waals surface area contributed by atoms with E-state index in [2.05, 4.69) is 30.5 Å². The van der Waals surface area contributed by atoms with Gasteiger partial charge in [0.25, 0.3) is 0 Å². The summed E-state index contributed by atoms with van der Waals surface area (Å²) in [7, 11) is 5.66. The second kappa shape index (κ2) is 8.60. The summed E-state index contributed by atoms with van der Waals surface area (Å²) in [6, 6.07) is 11.5. The molecule has 154 valence electrons. The number of ether oxygens (including phenoxy) is 1. The Morgan fingerprint density at radius 3 is 2.60 bits per heavy atom. The maximum absolute atomic E-state index is 8.35. The van der Waals surface area contributed by atoms with Crippen LogP contribution in [0.2, 0.25) is 0 Å². The molecule has 3 N–H and O–H groups in total. The zero-order valence-electron chi connectivity index (χ0n) is 17.1. The largest absolute Gasteiger partial charge is 0.497 e. The molecule has 2 heterocycles. The van der Waals surface area contributed by atoms with Crippen LogP contribution in [-0.4, -0.2) is 60.0 Å². The van der Waals surface area contributed by atoms with Gasteiger partial charge >= 0.3 is 0 Å². The molecule has 0 spiro atoms. The summed E-state index contributed by atoms with van der Waals surface area (Å²) in [5, 5.41) is 16.4. The van der Waals surface area contributed by atoms with Crippen molar-refractivity contribution in [2.24, 2.45) is 0 Å². The molecule has 9 heteroatoms. The van der Waals surface area contributed by atoms with Gasteiger partial charge in [-0.25, -0.2) is 15.0 Å². The summed E-state index contributed by atoms with van der Waals surface area (Å²) in [6.45, 7) is 1.54. The van der Waals surface area contributed by atoms with Crippen molar-refractivity contribution in [1.82, 2.24) is 25.2 Å². The molecule has 0 fully saturated rings. The Morgan fingerprint density at radius 1 is 1.10 bits per heavy atom. The number of likely N-dealkylation sites (N-methyl/N-ethyl adjacent to an activating group) is 1. The molecule has 0 aliphatic heterocycles. The van der Waals surface area contributed by atoms with E-state index in [4.69, 9.17) is 10.1 Å². The number of nitrogens with one attached hydrogen (secondary N) is 3. The Morgan fingerprint density at radius 2 is 1.87 bits per heavy atom. The minimum atomic E-state index is 0.327. The summed E-state index contributed by atoms with van der Waals surface area (Å²) in [6.07, 6.45) is 1.55. The Hall–Kier alpha value is -3.30. The fourth-order valence-electron chi connectivity index (χ4n) is 3.02. The van der Waals surface area contributed by atoms with E-state index < -0.39 is 0 Å². The summed E-state index contributed by atoms with van der Waals surface area (Å²) in [5.41, 5.74) is 2.56. The van der Waals surface area contributed by atoms with Gasteiger partial charge in [0, 0.05) is 18.8 Å². The molecule has 8 nitrogen and oxygen atoms in total. The van der Waals surface area contributed by atoms with Crippen molar-refractivity contribution >= 4 is 49.8 Å². The molecule has 0 aliphatic carbocycles. The molecule has 4 aromatic rings. The molecular formula is C21H23N7OS. The average molecular weight is 422 g/mol. The van der Waals surface area contributed by atoms with Crippen LogP contribution in [0.4, 0.5) is 11.5 Å². The lowest BCUT2D eigenvalue weighted by Crippen LogP contribution is -2.31. The fourth-order valence-corrected chi connectivity index (χ4v) is 4.06. The molecule has 30 heavy (non-hydrogen) atoms. The van der Waals surface area contributed by atoms with Crippen LogP contribution < -0.4 is 15.4 Å². The van der Waals surface area contributed by atoms with Gasteiger partial charge in [0.1, 0.15) is 17.9 Å². The van der Waals surface area contributed by atoms with Crippen molar-refractivity contribution in [1.29, 1.82) is 5.41 Å². The molecule has 0 aliphatic rings. The Balaban J connectivity index is 1.69. The van der Waals surface area contributed by atoms with Crippen molar-refractivity contribution in [2.75, 3.05) is 39.6 Å². The van der Waals surface area contributed by atoms with E-state index >= 15 is 0 Å². The monoisotopic (exact) mass is 421 g/mol. The van der Waals surface area contributed by atoms with Gasteiger partial charge in [0.05, 0.1) is 28.2 Å². The van der Waals surface area contributed by atoms with E-state index in [9.17, 15) is 0 Å². The Labute approximate surface area is 178 Å². The van der Waals surface area contributed by atoms with Gasteiger partial charge in [0.2, 0.25) is 0 Å². The van der Waals surface area contributed by atoms with E-state index in [1.165, 1.54) is 11.3 Å². The number of hydrogen-bond acceptors (Lipinski definition) is 8. The molecule has 4 rings (SSSR count). The molecular weight excluding hydrogens is 398 g/mol. The van der Waals surface area contributed by atoms with Gasteiger partial charge in [-0.05, 0) is 50.5 Å². The number of thiazole rings is 1. The second-order valence-electron chi connectivity index (χ2n) is 7.01. The molecule has 0 saturated carbocycles. The third-order valence-corrected chi connectivity index (χ3v) is 5.69. The normalized spacial score (nSPS) is 11.2. The number of fused-ring (bicyclic) bond motifs is 3. The van der Waals surface area contributed by atoms with Crippen LogP contribution in [0.3, 0.4) is 0 Å². The average Bonchev–Trinajstić information content (AvgIpc) is 3.19. The molecule has 0 bridgehead atoms. The number of methoxy groups -OCH3 is 1. The van der Waals surface area contributed by atoms with Crippen molar-refractivity contribution in [3.63, 3.8) is 0 Å². The Kier molecular flexibility index (Phi) is 5.73. The molecule has 0 amide bonds. The third-order valence-electron chi connectivity index (χ3n) is 4.58. The van der Waals surface area contributed by atoms with Crippen LogP contribution in [-0.2, 0) is 0 Å². The minimum Gasteiger partial charge on any atom is -0.497 e. The van der Waals surface area contributed by atoms with E-state index in [0.717, 1.165) is 39.1 Å². The number of amidine groups is 1. The van der Waals surface area contributed by atoms with Gasteiger partial charge in [-0.2, -0.15) is 0 Å². The van der Waals surface area contributed by atoms with Gasteiger partial charge in [-0.15, -0.1) is 11.3 Å². The van der Waals surface area contributed by atoms with Gasteiger partial charge < -0.3 is 20.3 Å². The fraction of sp³-hybridized carbons (Fsp3) is 0.238. The lowest BCUT2D eigenvalue weighted by atomic mass is 10.2. The van der Waals surface area contributed by atoms with Crippen LogP contribution in [0.1, 0.15) is 5.01 Å². The number of benzene rings is 2. The highest BCUT2D eigenvalue weighted by Gasteiger charge is 2.15. The maximum atomic E-state index is 8.35. The summed E-state index contributed by atoms with van der Waals surface area (Å²) in [5.74, 6) is 1.83. The van der Waals surface area contributed by atoms with Crippen molar-refractivity contribution < 1.29 is 4.74 Å². The zero-order valence-corrected chi connectivity index (χ0v) is 17.9. The quantitative estimate of drug-likeness (QED) is 0.310. The number of rotatable bonds is 7. The van der Waals surface area contributed by atoms with Crippen LogP contribution in [0.25, 0.3) is 21.1 Å². The first-order valence-electron chi connectivity index (χ1n) is 9.48. The third kappa shape index (κ3) is 4.17. The standard InChI is InChI=1S/C21H23N7OS/c1-28(2)11-10-23-19(22)21-27-16-9-8-15-17(18(16)30-21)20(25-12-24-15)26-13-4-6-14(29-3)7-5-13/h4-9,12H,10-11H2,1-3H3,(H2,22,23)(H,24,25,26). The number of nitrogens with zero attached hydrogens (tertiary/aromatic N) is 4. The van der Waals surface area contributed by atoms with Gasteiger partial charge in [-0.1, -0.05) is 0 Å². The number of aromatic nitrogens is 3. The van der Waals surface area contributed by atoms with Crippen LogP contribution in [0, 0.1) is 5.41 Å². The van der Waals surface area contributed by atoms with Gasteiger partial charge in [0.15, 0.2) is 10.8 Å². The van der Waals surface area contributed by atoms with E-state index in [1.54, 1.807) is 13.4 Å². The highest BCUT2D eigenvalue weighted by molar-refractivity contribution is 7.21. The van der Waals surface area contributed by atoms with Crippen LogP contribution in [0.15, 0.2) is 42.7 Å². The van der Waals surface area contributed by atoms with Crippen LogP contribution in [0.5, 0.6) is 5.75 Å². The topological polar surface area (TPSA) is 99.0 Å². The van der Waals surface area contributed by atoms with Crippen molar-refractivity contribution in [3.8, 4) is 5.75 Å². The highest BCUT2D eigenvalue weighted by Crippen LogP contribution is 2.34. The molecule has 2 aromatic carbocycles. The second-order valence-corrected chi connectivity index (χ2v) is 8.01. The molecule has 0 saturated heterocycles. The maximum Gasteiger partial charge on any atom is 0.159 e. The lowest BCUT2D eigenvalue weighted by Gasteiger charge is -2.10. The van der Waals surface area contributed by atoms with Crippen LogP contribution >= 0.6 is 11.3 Å². The van der Waals surface area contributed by atoms with Gasteiger partial charge in [-0.3, -0.25) is 5.41 Å². The zero-order chi connectivity index (χ0) is 21.1. The summed E-state index contributed by atoms with van der Waals surface area (Å²) in [4.78, 5) is 15.6. The molecule has 0 radical (unpaired) electrons. The number of hydrogen-bond donors (Lipinski definition) is 3. The first kappa shape index (κ1) is 20.0. The van der Waals surface area contributed by atoms with Crippen molar-refractivity contribution in [3.05, 3.63) is 47.7 Å². The predicted octanol–water partition coefficient (Wildman–Crippen LogP) is 3.47. The minimum absolute atomic E-state index is 0.327. The Bertz CT molecular complexity index is 1190. The first-order chi connectivity index (χ1) is 14.5. The first-order valence-corrected chi connectivity index (χ1v) is 10.3. The van der Waals surface area contributed by atoms with E-state index in [1.807, 2.05) is 50.5 Å². The summed E-state index contributed by atoms with van der Waals surface area (Å²) < 4.78 is 6.18. The van der Waals surface area contributed by atoms with E-state index in [-0.39, 0.29) is 0 Å². The molecule has 0 atom stereocenters. The predicted molar refractivity (Wildman–Crippen MR) is 122 cm³/mol. The molecule has 2 aromatic heterocycles. The lowest BCUT2D eigenvalue weighted by molar-refractivity contribution is 0.412. The SMILES string of the molecule is COc1ccc(Nc2ncnc3ccc4nc(C(=N)NCCN(C)C)sc4c23)cc1. The molecule has 0 unspecified atom stereocenters. The highest BCUT2D eigenvalue weighted by atomic mass is 32.1.